The highest BCUT2D eigenvalue weighted by Gasteiger charge is 2.44. The maximum absolute atomic E-state index is 13.1. The van der Waals surface area contributed by atoms with Gasteiger partial charge in [0.05, 0.1) is 18.6 Å². The molecule has 1 aromatic carbocycles. The van der Waals surface area contributed by atoms with Crippen molar-refractivity contribution in [3.8, 4) is 0 Å². The van der Waals surface area contributed by atoms with Gasteiger partial charge in [0.25, 0.3) is 0 Å². The van der Waals surface area contributed by atoms with Crippen molar-refractivity contribution in [3.63, 3.8) is 0 Å². The van der Waals surface area contributed by atoms with Gasteiger partial charge in [-0.15, -0.1) is 0 Å². The van der Waals surface area contributed by atoms with Crippen molar-refractivity contribution >= 4 is 0 Å². The Kier molecular flexibility index (Phi) is 2.71. The van der Waals surface area contributed by atoms with Crippen molar-refractivity contribution in [3.05, 3.63) is 53.6 Å². The van der Waals surface area contributed by atoms with E-state index >= 15 is 0 Å². The first-order chi connectivity index (χ1) is 9.31. The largest absolute Gasteiger partial charge is 0.433 e. The van der Waals surface area contributed by atoms with Gasteiger partial charge in [0, 0.05) is 0 Å². The summed E-state index contributed by atoms with van der Waals surface area (Å²) in [5.41, 5.74) is 1.11. The van der Waals surface area contributed by atoms with Crippen LogP contribution in [0.15, 0.2) is 36.8 Å². The second-order valence-electron chi connectivity index (χ2n) is 5.95. The molecule has 2 aromatic rings. The molecule has 0 fully saturated rings. The van der Waals surface area contributed by atoms with E-state index in [0.29, 0.717) is 0 Å². The molecule has 20 heavy (non-hydrogen) atoms. The fourth-order valence-electron chi connectivity index (χ4n) is 3.23. The van der Waals surface area contributed by atoms with Gasteiger partial charge in [0.2, 0.25) is 0 Å². The maximum atomic E-state index is 13.1. The number of hydrogen-bond donors (Lipinski definition) is 0. The number of rotatable bonds is 1. The van der Waals surface area contributed by atoms with Crippen LogP contribution in [-0.4, -0.2) is 9.55 Å². The lowest BCUT2D eigenvalue weighted by atomic mass is 9.85. The van der Waals surface area contributed by atoms with Crippen molar-refractivity contribution in [2.75, 3.05) is 0 Å². The standard InChI is InChI=1S/C15H15F3N2/c1-14(2)7-10-5-3-4-6-11(10)13(14)20-9-19-8-12(20)15(16,17)18/h3-6,8-9,13H,7H2,1-2H3/t13-/m1/s1. The average molecular weight is 280 g/mol. The van der Waals surface area contributed by atoms with E-state index in [9.17, 15) is 13.2 Å². The summed E-state index contributed by atoms with van der Waals surface area (Å²) in [6, 6.07) is 7.36. The Morgan fingerprint density at radius 2 is 1.95 bits per heavy atom. The van der Waals surface area contributed by atoms with Crippen molar-refractivity contribution < 1.29 is 13.2 Å². The number of imidazole rings is 1. The minimum absolute atomic E-state index is 0.273. The van der Waals surface area contributed by atoms with E-state index < -0.39 is 11.9 Å². The molecule has 5 heteroatoms. The molecule has 0 spiro atoms. The third kappa shape index (κ3) is 1.92. The third-order valence-corrected chi connectivity index (χ3v) is 3.97. The molecule has 0 radical (unpaired) electrons. The van der Waals surface area contributed by atoms with Crippen LogP contribution in [0.2, 0.25) is 0 Å². The van der Waals surface area contributed by atoms with Crippen molar-refractivity contribution in [1.82, 2.24) is 9.55 Å². The van der Waals surface area contributed by atoms with Crippen LogP contribution in [0.5, 0.6) is 0 Å². The van der Waals surface area contributed by atoms with E-state index in [1.807, 2.05) is 38.1 Å². The van der Waals surface area contributed by atoms with Crippen LogP contribution in [0.4, 0.5) is 13.2 Å². The molecule has 0 N–H and O–H groups in total. The Morgan fingerprint density at radius 1 is 1.25 bits per heavy atom. The molecule has 1 heterocycles. The lowest BCUT2D eigenvalue weighted by Crippen LogP contribution is -2.27. The zero-order chi connectivity index (χ0) is 14.5. The topological polar surface area (TPSA) is 17.8 Å². The molecule has 0 amide bonds. The predicted octanol–water partition coefficient (Wildman–Crippen LogP) is 4.07. The second-order valence-corrected chi connectivity index (χ2v) is 5.95. The molecule has 1 aromatic heterocycles. The number of aromatic nitrogens is 2. The molecule has 0 saturated carbocycles. The second kappa shape index (κ2) is 4.11. The van der Waals surface area contributed by atoms with Crippen molar-refractivity contribution in [1.29, 1.82) is 0 Å². The minimum Gasteiger partial charge on any atom is -0.319 e. The van der Waals surface area contributed by atoms with Gasteiger partial charge >= 0.3 is 6.18 Å². The van der Waals surface area contributed by atoms with Gasteiger partial charge in [0.1, 0.15) is 5.69 Å². The number of nitrogens with zero attached hydrogens (tertiary/aromatic N) is 2. The average Bonchev–Trinajstić information content (AvgIpc) is 2.87. The molecule has 1 aliphatic carbocycles. The molecule has 106 valence electrons. The van der Waals surface area contributed by atoms with Crippen LogP contribution >= 0.6 is 0 Å². The summed E-state index contributed by atoms with van der Waals surface area (Å²) in [7, 11) is 0. The van der Waals surface area contributed by atoms with Crippen molar-refractivity contribution in [2.24, 2.45) is 5.41 Å². The lowest BCUT2D eigenvalue weighted by molar-refractivity contribution is -0.144. The normalized spacial score (nSPS) is 20.9. The van der Waals surface area contributed by atoms with Crippen LogP contribution in [0, 0.1) is 5.41 Å². The zero-order valence-electron chi connectivity index (χ0n) is 11.3. The highest BCUT2D eigenvalue weighted by atomic mass is 19.4. The Hall–Kier alpha value is -1.78. The first kappa shape index (κ1) is 13.2. The maximum Gasteiger partial charge on any atom is 0.433 e. The number of alkyl halides is 3. The molecule has 2 nitrogen and oxygen atoms in total. The summed E-state index contributed by atoms with van der Waals surface area (Å²) in [5, 5.41) is 0. The van der Waals surface area contributed by atoms with E-state index in [1.54, 1.807) is 0 Å². The molecular formula is C15H15F3N2. The van der Waals surface area contributed by atoms with Crippen LogP contribution in [0.1, 0.15) is 36.7 Å². The van der Waals surface area contributed by atoms with E-state index in [-0.39, 0.29) is 11.5 Å². The highest BCUT2D eigenvalue weighted by Crippen LogP contribution is 2.49. The molecule has 3 rings (SSSR count). The number of hydrogen-bond acceptors (Lipinski definition) is 1. The fraction of sp³-hybridized carbons (Fsp3) is 0.400. The summed E-state index contributed by atoms with van der Waals surface area (Å²) in [5.74, 6) is 0. The van der Waals surface area contributed by atoms with Gasteiger partial charge in [-0.3, -0.25) is 0 Å². The van der Waals surface area contributed by atoms with E-state index in [0.717, 1.165) is 23.7 Å². The molecule has 1 aliphatic rings. The number of fused-ring (bicyclic) bond motifs is 1. The summed E-state index contributed by atoms with van der Waals surface area (Å²) >= 11 is 0. The number of benzene rings is 1. The molecular weight excluding hydrogens is 265 g/mol. The van der Waals surface area contributed by atoms with Gasteiger partial charge in [-0.25, -0.2) is 4.98 Å². The number of halogens is 3. The summed E-state index contributed by atoms with van der Waals surface area (Å²) in [6.07, 6.45) is -1.43. The SMILES string of the molecule is CC1(C)Cc2ccccc2[C@H]1n1cncc1C(F)(F)F. The van der Waals surface area contributed by atoms with E-state index in [2.05, 4.69) is 4.98 Å². The van der Waals surface area contributed by atoms with Gasteiger partial charge in [-0.05, 0) is 23.0 Å². The minimum atomic E-state index is -4.38. The summed E-state index contributed by atoms with van der Waals surface area (Å²) in [4.78, 5) is 3.71. The lowest BCUT2D eigenvalue weighted by Gasteiger charge is -2.30. The third-order valence-electron chi connectivity index (χ3n) is 3.97. The van der Waals surface area contributed by atoms with Gasteiger partial charge < -0.3 is 4.57 Å². The monoisotopic (exact) mass is 280 g/mol. The van der Waals surface area contributed by atoms with Crippen molar-refractivity contribution in [2.45, 2.75) is 32.5 Å². The fourth-order valence-corrected chi connectivity index (χ4v) is 3.23. The molecule has 0 saturated heterocycles. The highest BCUT2D eigenvalue weighted by molar-refractivity contribution is 5.38. The van der Waals surface area contributed by atoms with Crippen LogP contribution in [0.3, 0.4) is 0 Å². The van der Waals surface area contributed by atoms with Crippen LogP contribution < -0.4 is 0 Å². The zero-order valence-corrected chi connectivity index (χ0v) is 11.3. The Balaban J connectivity index is 2.17. The molecule has 0 aliphatic heterocycles. The molecule has 0 bridgehead atoms. The first-order valence-electron chi connectivity index (χ1n) is 6.47. The van der Waals surface area contributed by atoms with Gasteiger partial charge in [0.15, 0.2) is 0 Å². The summed E-state index contributed by atoms with van der Waals surface area (Å²) < 4.78 is 40.6. The quantitative estimate of drug-likeness (QED) is 0.770. The smallest absolute Gasteiger partial charge is 0.319 e. The van der Waals surface area contributed by atoms with Crippen LogP contribution in [0.25, 0.3) is 0 Å². The van der Waals surface area contributed by atoms with E-state index in [4.69, 9.17) is 0 Å². The Morgan fingerprint density at radius 3 is 2.65 bits per heavy atom. The van der Waals surface area contributed by atoms with Gasteiger partial charge in [-0.2, -0.15) is 13.2 Å². The van der Waals surface area contributed by atoms with E-state index in [1.165, 1.54) is 10.9 Å². The molecule has 1 atom stereocenters. The summed E-state index contributed by atoms with van der Waals surface area (Å²) in [6.45, 7) is 4.00. The first-order valence-corrected chi connectivity index (χ1v) is 6.47. The Bertz CT molecular complexity index is 641. The van der Waals surface area contributed by atoms with Gasteiger partial charge in [-0.1, -0.05) is 38.1 Å². The predicted molar refractivity (Wildman–Crippen MR) is 69.3 cm³/mol. The molecule has 0 unspecified atom stereocenters. The van der Waals surface area contributed by atoms with Crippen LogP contribution in [-0.2, 0) is 12.6 Å². The Labute approximate surface area is 115 Å².